The maximum absolute atomic E-state index is 12.9. The Morgan fingerprint density at radius 1 is 1.22 bits per heavy atom. The van der Waals surface area contributed by atoms with Gasteiger partial charge < -0.3 is 20.6 Å². The molecule has 2 aromatic rings. The second-order valence-corrected chi connectivity index (χ2v) is 8.73. The number of halogens is 1. The monoisotopic (exact) mass is 406 g/mol. The highest BCUT2D eigenvalue weighted by Crippen LogP contribution is 2.37. The average Bonchev–Trinajstić information content (AvgIpc) is 3.23. The number of amidine groups is 1. The zero-order valence-corrected chi connectivity index (χ0v) is 15.8. The lowest BCUT2D eigenvalue weighted by Gasteiger charge is -2.22. The summed E-state index contributed by atoms with van der Waals surface area (Å²) in [5.41, 5.74) is 1.73. The molecule has 2 heterocycles. The van der Waals surface area contributed by atoms with Crippen LogP contribution in [0.25, 0.3) is 0 Å². The third kappa shape index (κ3) is 3.12. The maximum Gasteiger partial charge on any atom is 0.180 e. The van der Waals surface area contributed by atoms with Crippen LogP contribution in [0.5, 0.6) is 0 Å². The van der Waals surface area contributed by atoms with Crippen LogP contribution in [-0.2, 0) is 17.2 Å². The molecule has 1 aliphatic carbocycles. The standard InChI is InChI=1S/C18H19ClN4O3S/c19-10-1-3-11(4-2-10)27(26)15-9-14(16(24)17(15)25)23-8-6-12-13(23)5-7-21-18(12)22-20/h1-4,6-8,14-17,24-25H,5,9,20H2/b22-18+/t14-,15+,16+,17-,27?/m1/s1. The van der Waals surface area contributed by atoms with E-state index in [-0.39, 0.29) is 0 Å². The third-order valence-corrected chi connectivity index (χ3v) is 7.17. The molecular weight excluding hydrogens is 388 g/mol. The van der Waals surface area contributed by atoms with Gasteiger partial charge in [0.15, 0.2) is 5.84 Å². The summed E-state index contributed by atoms with van der Waals surface area (Å²) in [7, 11) is -1.46. The Balaban J connectivity index is 1.63. The van der Waals surface area contributed by atoms with E-state index in [1.165, 1.54) is 0 Å². The molecule has 1 aliphatic heterocycles. The summed E-state index contributed by atoms with van der Waals surface area (Å²) in [5, 5.41) is 24.9. The van der Waals surface area contributed by atoms with E-state index in [1.807, 2.05) is 16.8 Å². The molecule has 5 atom stereocenters. The number of aliphatic hydroxyl groups is 2. The fraction of sp³-hybridized carbons (Fsp3) is 0.333. The van der Waals surface area contributed by atoms with Crippen LogP contribution in [0, 0.1) is 0 Å². The highest BCUT2D eigenvalue weighted by Gasteiger charge is 2.46. The van der Waals surface area contributed by atoms with Gasteiger partial charge in [0.2, 0.25) is 0 Å². The second-order valence-electron chi connectivity index (χ2n) is 6.63. The van der Waals surface area contributed by atoms with Gasteiger partial charge in [-0.05, 0) is 36.8 Å². The maximum atomic E-state index is 12.9. The SMILES string of the molecule is N/N=C1/N=CCc2c1ccn2[C@@H]1C[C@H](S(=O)c2ccc(Cl)cc2)[C@@H](O)[C@H]1O. The van der Waals surface area contributed by atoms with E-state index in [4.69, 9.17) is 17.4 Å². The topological polar surface area (TPSA) is 113 Å². The number of fused-ring (bicyclic) bond motifs is 1. The van der Waals surface area contributed by atoms with Crippen LogP contribution in [0.2, 0.25) is 5.02 Å². The van der Waals surface area contributed by atoms with Crippen LogP contribution in [-0.4, -0.2) is 48.5 Å². The highest BCUT2D eigenvalue weighted by molar-refractivity contribution is 7.85. The lowest BCUT2D eigenvalue weighted by atomic mass is 10.1. The van der Waals surface area contributed by atoms with Gasteiger partial charge in [0, 0.05) is 40.0 Å². The van der Waals surface area contributed by atoms with Crippen LogP contribution in [0.3, 0.4) is 0 Å². The molecule has 7 nitrogen and oxygen atoms in total. The number of nitrogens with zero attached hydrogens (tertiary/aromatic N) is 3. The first kappa shape index (κ1) is 18.4. The number of nitrogens with two attached hydrogens (primary N) is 1. The van der Waals surface area contributed by atoms with Crippen molar-refractivity contribution in [2.45, 2.75) is 41.2 Å². The van der Waals surface area contributed by atoms with E-state index in [9.17, 15) is 14.4 Å². The van der Waals surface area contributed by atoms with Gasteiger partial charge in [0.05, 0.1) is 28.2 Å². The van der Waals surface area contributed by atoms with Gasteiger partial charge in [-0.2, -0.15) is 5.10 Å². The molecule has 4 rings (SSSR count). The molecule has 1 aromatic carbocycles. The van der Waals surface area contributed by atoms with E-state index >= 15 is 0 Å². The number of aliphatic hydroxyl groups excluding tert-OH is 2. The zero-order chi connectivity index (χ0) is 19.1. The van der Waals surface area contributed by atoms with Crippen LogP contribution in [0.15, 0.2) is 51.5 Å². The van der Waals surface area contributed by atoms with E-state index in [0.717, 1.165) is 11.3 Å². The molecular formula is C18H19ClN4O3S. The minimum Gasteiger partial charge on any atom is -0.389 e. The normalized spacial score (nSPS) is 29.8. The molecule has 1 aromatic heterocycles. The quantitative estimate of drug-likeness (QED) is 0.525. The molecule has 1 fully saturated rings. The predicted molar refractivity (Wildman–Crippen MR) is 105 cm³/mol. The Morgan fingerprint density at radius 3 is 2.67 bits per heavy atom. The van der Waals surface area contributed by atoms with Gasteiger partial charge in [-0.25, -0.2) is 4.99 Å². The van der Waals surface area contributed by atoms with E-state index in [0.29, 0.717) is 28.6 Å². The number of hydrazone groups is 1. The molecule has 1 saturated carbocycles. The van der Waals surface area contributed by atoms with Gasteiger partial charge in [-0.1, -0.05) is 11.6 Å². The predicted octanol–water partition coefficient (Wildman–Crippen LogP) is 1.23. The highest BCUT2D eigenvalue weighted by atomic mass is 35.5. The second kappa shape index (κ2) is 7.20. The van der Waals surface area contributed by atoms with Crippen LogP contribution >= 0.6 is 11.6 Å². The van der Waals surface area contributed by atoms with Crippen molar-refractivity contribution < 1.29 is 14.4 Å². The van der Waals surface area contributed by atoms with Crippen molar-refractivity contribution in [3.05, 3.63) is 52.8 Å². The minimum atomic E-state index is -1.46. The van der Waals surface area contributed by atoms with Crippen molar-refractivity contribution in [3.63, 3.8) is 0 Å². The van der Waals surface area contributed by atoms with E-state index in [1.54, 1.807) is 30.5 Å². The molecule has 0 saturated heterocycles. The van der Waals surface area contributed by atoms with Gasteiger partial charge in [0.1, 0.15) is 6.10 Å². The minimum absolute atomic E-state index is 0.380. The summed E-state index contributed by atoms with van der Waals surface area (Å²) >= 11 is 5.89. The number of hydrogen-bond acceptors (Lipinski definition) is 5. The Kier molecular flexibility index (Phi) is 4.90. The molecule has 1 unspecified atom stereocenters. The van der Waals surface area contributed by atoms with Crippen molar-refractivity contribution >= 4 is 34.5 Å². The van der Waals surface area contributed by atoms with E-state index in [2.05, 4.69) is 10.1 Å². The molecule has 0 radical (unpaired) electrons. The fourth-order valence-corrected chi connectivity index (χ4v) is 5.47. The van der Waals surface area contributed by atoms with Crippen molar-refractivity contribution in [2.75, 3.05) is 0 Å². The molecule has 2 aliphatic rings. The average molecular weight is 407 g/mol. The summed E-state index contributed by atoms with van der Waals surface area (Å²) in [6.07, 6.45) is 2.38. The van der Waals surface area contributed by atoms with Crippen LogP contribution in [0.1, 0.15) is 23.7 Å². The molecule has 0 spiro atoms. The Morgan fingerprint density at radius 2 is 1.96 bits per heavy atom. The van der Waals surface area contributed by atoms with Crippen LogP contribution < -0.4 is 5.84 Å². The molecule has 142 valence electrons. The fourth-order valence-electron chi connectivity index (χ4n) is 3.80. The van der Waals surface area contributed by atoms with Gasteiger partial charge in [-0.3, -0.25) is 4.21 Å². The number of aliphatic imine (C=N–C) groups is 1. The molecule has 9 heteroatoms. The van der Waals surface area contributed by atoms with Gasteiger partial charge in [-0.15, -0.1) is 0 Å². The molecule has 4 N–H and O–H groups in total. The van der Waals surface area contributed by atoms with Crippen molar-refractivity contribution in [3.8, 4) is 0 Å². The van der Waals surface area contributed by atoms with Crippen LogP contribution in [0.4, 0.5) is 0 Å². The first-order chi connectivity index (χ1) is 13.0. The van der Waals surface area contributed by atoms with Crippen molar-refractivity contribution in [2.24, 2.45) is 15.9 Å². The smallest absolute Gasteiger partial charge is 0.180 e. The summed E-state index contributed by atoms with van der Waals surface area (Å²) in [6.45, 7) is 0. The zero-order valence-electron chi connectivity index (χ0n) is 14.3. The largest absolute Gasteiger partial charge is 0.389 e. The number of benzene rings is 1. The molecule has 0 bridgehead atoms. The lowest BCUT2D eigenvalue weighted by molar-refractivity contribution is 0.0245. The first-order valence-electron chi connectivity index (χ1n) is 8.54. The van der Waals surface area contributed by atoms with E-state index < -0.39 is 34.3 Å². The Bertz CT molecular complexity index is 941. The van der Waals surface area contributed by atoms with Crippen molar-refractivity contribution in [1.29, 1.82) is 0 Å². The molecule has 27 heavy (non-hydrogen) atoms. The van der Waals surface area contributed by atoms with Gasteiger partial charge >= 0.3 is 0 Å². The van der Waals surface area contributed by atoms with Gasteiger partial charge in [0.25, 0.3) is 0 Å². The summed E-state index contributed by atoms with van der Waals surface area (Å²) in [5.74, 6) is 5.83. The third-order valence-electron chi connectivity index (χ3n) is 5.16. The lowest BCUT2D eigenvalue weighted by Crippen LogP contribution is -2.33. The molecule has 0 amide bonds. The first-order valence-corrected chi connectivity index (χ1v) is 10.1. The summed E-state index contributed by atoms with van der Waals surface area (Å²) < 4.78 is 14.9. The number of hydrogen-bond donors (Lipinski definition) is 3. The number of rotatable bonds is 3. The van der Waals surface area contributed by atoms with Crippen molar-refractivity contribution in [1.82, 2.24) is 4.57 Å². The Hall–Kier alpha value is -2.00. The Labute approximate surface area is 163 Å². The number of aromatic nitrogens is 1. The summed E-state index contributed by atoms with van der Waals surface area (Å²) in [4.78, 5) is 4.75. The summed E-state index contributed by atoms with van der Waals surface area (Å²) in [6, 6.07) is 8.15.